The van der Waals surface area contributed by atoms with Crippen LogP contribution >= 0.6 is 0 Å². The minimum atomic E-state index is 0.654. The van der Waals surface area contributed by atoms with Gasteiger partial charge in [-0.25, -0.2) is 15.0 Å². The molecule has 0 bridgehead atoms. The Hall–Kier alpha value is -3.59. The highest BCUT2D eigenvalue weighted by Gasteiger charge is 2.23. The number of nitrogens with one attached hydrogen (secondary N) is 2. The highest BCUT2D eigenvalue weighted by molar-refractivity contribution is 5.94. The van der Waals surface area contributed by atoms with Crippen molar-refractivity contribution in [3.8, 4) is 5.88 Å². The number of rotatable bonds is 4. The predicted octanol–water partition coefficient (Wildman–Crippen LogP) is 3.52. The van der Waals surface area contributed by atoms with Crippen LogP contribution in [-0.2, 0) is 0 Å². The fourth-order valence-electron chi connectivity index (χ4n) is 4.85. The molecule has 5 rings (SSSR count). The average molecular weight is 489 g/mol. The number of piperazine rings is 1. The van der Waals surface area contributed by atoms with Gasteiger partial charge in [0.15, 0.2) is 0 Å². The lowest BCUT2D eigenvalue weighted by Gasteiger charge is -2.33. The Balaban J connectivity index is 1.21. The van der Waals surface area contributed by atoms with Crippen LogP contribution in [-0.4, -0.2) is 80.2 Å². The molecule has 5 heterocycles. The van der Waals surface area contributed by atoms with E-state index < -0.39 is 0 Å². The summed E-state index contributed by atoms with van der Waals surface area (Å²) in [5.41, 5.74) is 6.57. The smallest absolute Gasteiger partial charge is 0.237 e. The van der Waals surface area contributed by atoms with E-state index in [-0.39, 0.29) is 0 Å². The Morgan fingerprint density at radius 1 is 1.19 bits per heavy atom. The van der Waals surface area contributed by atoms with Gasteiger partial charge >= 0.3 is 0 Å². The van der Waals surface area contributed by atoms with Crippen LogP contribution in [0.2, 0.25) is 0 Å². The van der Waals surface area contributed by atoms with Gasteiger partial charge in [0.05, 0.1) is 11.9 Å². The van der Waals surface area contributed by atoms with Crippen LogP contribution in [0.25, 0.3) is 0 Å². The number of nitrogens with zero attached hydrogens (tertiary/aromatic N) is 6. The number of hydrogen-bond donors (Lipinski definition) is 2. The van der Waals surface area contributed by atoms with Crippen molar-refractivity contribution >= 4 is 28.7 Å². The number of likely N-dealkylation sites (N-methyl/N-ethyl adjacent to an activating group) is 1. The van der Waals surface area contributed by atoms with E-state index in [1.807, 2.05) is 31.6 Å². The van der Waals surface area contributed by atoms with E-state index >= 15 is 0 Å². The average Bonchev–Trinajstić information content (AvgIpc) is 2.89. The van der Waals surface area contributed by atoms with Crippen molar-refractivity contribution in [3.05, 3.63) is 54.0 Å². The number of anilines is 4. The summed E-state index contributed by atoms with van der Waals surface area (Å²) in [5, 5.41) is 6.84. The Morgan fingerprint density at radius 2 is 2.03 bits per heavy atom. The van der Waals surface area contributed by atoms with Crippen molar-refractivity contribution in [1.29, 1.82) is 0 Å². The first-order chi connectivity index (χ1) is 17.5. The number of aromatic nitrogens is 2. The second-order valence-corrected chi connectivity index (χ2v) is 9.69. The SMILES string of the molecule is C=C1CN(c2cnc3c(c2C)NCCO3)CC/C1=C/N=C(C)Nc1ccnc(N2CCN(C)CC2)c1. The number of piperidine rings is 1. The van der Waals surface area contributed by atoms with E-state index in [9.17, 15) is 0 Å². The first-order valence-electron chi connectivity index (χ1n) is 12.7. The van der Waals surface area contributed by atoms with Gasteiger partial charge in [-0.2, -0.15) is 0 Å². The van der Waals surface area contributed by atoms with Crippen LogP contribution < -0.4 is 25.2 Å². The van der Waals surface area contributed by atoms with Gasteiger partial charge in [0.25, 0.3) is 0 Å². The molecule has 0 spiro atoms. The summed E-state index contributed by atoms with van der Waals surface area (Å²) in [5.74, 6) is 2.55. The molecular weight excluding hydrogens is 452 g/mol. The second kappa shape index (κ2) is 10.6. The molecule has 9 heteroatoms. The molecule has 0 atom stereocenters. The molecule has 0 radical (unpaired) electrons. The molecular formula is C27H36N8O. The molecule has 2 fully saturated rings. The Bertz CT molecular complexity index is 1180. The molecule has 36 heavy (non-hydrogen) atoms. The number of fused-ring (bicyclic) bond motifs is 1. The molecule has 0 unspecified atom stereocenters. The van der Waals surface area contributed by atoms with Crippen molar-refractivity contribution in [3.63, 3.8) is 0 Å². The van der Waals surface area contributed by atoms with E-state index in [2.05, 4.69) is 61.9 Å². The van der Waals surface area contributed by atoms with Crippen molar-refractivity contribution in [1.82, 2.24) is 14.9 Å². The highest BCUT2D eigenvalue weighted by Crippen LogP contribution is 2.36. The molecule has 0 amide bonds. The lowest BCUT2D eigenvalue weighted by atomic mass is 9.99. The standard InChI is InChI=1S/C27H36N8O/c1-19-18-35(24-17-31-27-26(20(24)2)29-8-14-36-27)9-6-22(19)16-30-21(3)32-23-5-7-28-25(15-23)34-12-10-33(4)11-13-34/h5,7,15-17,29H,1,6,8-14,18H2,2-4H3,(H,28,30,32)/b22-16-. The molecule has 2 saturated heterocycles. The van der Waals surface area contributed by atoms with Gasteiger partial charge < -0.3 is 30.1 Å². The number of amidine groups is 1. The molecule has 3 aliphatic rings. The van der Waals surface area contributed by atoms with Crippen molar-refractivity contribution < 1.29 is 4.74 Å². The van der Waals surface area contributed by atoms with Gasteiger partial charge in [-0.1, -0.05) is 6.58 Å². The summed E-state index contributed by atoms with van der Waals surface area (Å²) in [6.07, 6.45) is 6.62. The molecule has 0 aromatic carbocycles. The van der Waals surface area contributed by atoms with E-state index in [1.54, 1.807) is 0 Å². The fraction of sp³-hybridized carbons (Fsp3) is 0.444. The third-order valence-corrected chi connectivity index (χ3v) is 7.06. The van der Waals surface area contributed by atoms with Crippen LogP contribution in [0.5, 0.6) is 5.88 Å². The van der Waals surface area contributed by atoms with Gasteiger partial charge in [-0.3, -0.25) is 0 Å². The predicted molar refractivity (Wildman–Crippen MR) is 148 cm³/mol. The summed E-state index contributed by atoms with van der Waals surface area (Å²) in [7, 11) is 2.16. The van der Waals surface area contributed by atoms with Gasteiger partial charge in [-0.05, 0) is 44.5 Å². The molecule has 3 aliphatic heterocycles. The van der Waals surface area contributed by atoms with Crippen molar-refractivity contribution in [2.45, 2.75) is 20.3 Å². The molecule has 2 aromatic rings. The van der Waals surface area contributed by atoms with Gasteiger partial charge in [0.1, 0.15) is 23.9 Å². The van der Waals surface area contributed by atoms with Gasteiger partial charge in [0.2, 0.25) is 5.88 Å². The summed E-state index contributed by atoms with van der Waals surface area (Å²) < 4.78 is 5.68. The third kappa shape index (κ3) is 5.31. The zero-order valence-corrected chi connectivity index (χ0v) is 21.5. The number of ether oxygens (including phenoxy) is 1. The van der Waals surface area contributed by atoms with Crippen LogP contribution in [0.4, 0.5) is 22.9 Å². The lowest BCUT2D eigenvalue weighted by molar-refractivity contribution is 0.310. The monoisotopic (exact) mass is 488 g/mol. The molecule has 9 nitrogen and oxygen atoms in total. The van der Waals surface area contributed by atoms with Crippen molar-refractivity contribution in [2.75, 3.05) is 79.9 Å². The van der Waals surface area contributed by atoms with Crippen LogP contribution in [0.3, 0.4) is 0 Å². The summed E-state index contributed by atoms with van der Waals surface area (Å²) in [6, 6.07) is 4.09. The first-order valence-corrected chi connectivity index (χ1v) is 12.7. The Kier molecular flexibility index (Phi) is 7.09. The van der Waals surface area contributed by atoms with Crippen LogP contribution in [0.1, 0.15) is 18.9 Å². The van der Waals surface area contributed by atoms with Gasteiger partial charge in [-0.15, -0.1) is 0 Å². The fourth-order valence-corrected chi connectivity index (χ4v) is 4.85. The number of pyridine rings is 2. The van der Waals surface area contributed by atoms with E-state index in [0.29, 0.717) is 12.5 Å². The molecule has 0 aliphatic carbocycles. The molecule has 190 valence electrons. The minimum Gasteiger partial charge on any atom is -0.474 e. The maximum absolute atomic E-state index is 5.68. The zero-order valence-electron chi connectivity index (χ0n) is 21.5. The summed E-state index contributed by atoms with van der Waals surface area (Å²) in [4.78, 5) is 20.8. The number of aliphatic imine (C=N–C) groups is 1. The maximum atomic E-state index is 5.68. The van der Waals surface area contributed by atoms with E-state index in [0.717, 1.165) is 86.5 Å². The largest absolute Gasteiger partial charge is 0.474 e. The van der Waals surface area contributed by atoms with E-state index in [1.165, 1.54) is 11.1 Å². The maximum Gasteiger partial charge on any atom is 0.237 e. The Morgan fingerprint density at radius 3 is 2.83 bits per heavy atom. The zero-order chi connectivity index (χ0) is 25.1. The topological polar surface area (TPSA) is 81.1 Å². The first kappa shape index (κ1) is 24.1. The number of hydrogen-bond acceptors (Lipinski definition) is 8. The second-order valence-electron chi connectivity index (χ2n) is 9.69. The minimum absolute atomic E-state index is 0.654. The third-order valence-electron chi connectivity index (χ3n) is 7.06. The summed E-state index contributed by atoms with van der Waals surface area (Å²) >= 11 is 0. The normalized spacial score (nSPS) is 20.1. The van der Waals surface area contributed by atoms with Gasteiger partial charge in [0, 0.05) is 75.5 Å². The summed E-state index contributed by atoms with van der Waals surface area (Å²) in [6.45, 7) is 15.7. The van der Waals surface area contributed by atoms with Crippen LogP contribution in [0.15, 0.2) is 53.4 Å². The molecule has 2 aromatic heterocycles. The molecule has 0 saturated carbocycles. The lowest BCUT2D eigenvalue weighted by Crippen LogP contribution is -2.44. The highest BCUT2D eigenvalue weighted by atomic mass is 16.5. The quantitative estimate of drug-likeness (QED) is 0.500. The Labute approximate surface area is 213 Å². The van der Waals surface area contributed by atoms with Crippen molar-refractivity contribution in [2.24, 2.45) is 4.99 Å². The van der Waals surface area contributed by atoms with Crippen LogP contribution in [0, 0.1) is 6.92 Å². The molecule has 2 N–H and O–H groups in total. The van der Waals surface area contributed by atoms with E-state index in [4.69, 9.17) is 9.73 Å².